The van der Waals surface area contributed by atoms with Crippen molar-refractivity contribution in [2.24, 2.45) is 11.3 Å². The number of aromatic nitrogens is 2. The number of anilines is 1. The SMILES string of the molecule is CC1(C)CC1Cn1c(N)nc2ccc(Cl)cc21. The number of benzene rings is 1. The van der Waals surface area contributed by atoms with E-state index in [1.807, 2.05) is 18.2 Å². The highest BCUT2D eigenvalue weighted by Gasteiger charge is 2.45. The van der Waals surface area contributed by atoms with E-state index in [1.165, 1.54) is 6.42 Å². The van der Waals surface area contributed by atoms with Crippen molar-refractivity contribution < 1.29 is 0 Å². The molecule has 1 atom stereocenters. The Balaban J connectivity index is 2.03. The number of nitrogens with two attached hydrogens (primary N) is 1. The second-order valence-electron chi connectivity index (χ2n) is 5.60. The highest BCUT2D eigenvalue weighted by atomic mass is 35.5. The molecule has 0 saturated heterocycles. The minimum Gasteiger partial charge on any atom is -0.369 e. The van der Waals surface area contributed by atoms with Crippen LogP contribution >= 0.6 is 11.6 Å². The van der Waals surface area contributed by atoms with Gasteiger partial charge >= 0.3 is 0 Å². The van der Waals surface area contributed by atoms with Crippen LogP contribution < -0.4 is 5.73 Å². The number of hydrogen-bond acceptors (Lipinski definition) is 2. The monoisotopic (exact) mass is 249 g/mol. The van der Waals surface area contributed by atoms with E-state index in [4.69, 9.17) is 17.3 Å². The Kier molecular flexibility index (Phi) is 2.17. The van der Waals surface area contributed by atoms with Crippen molar-refractivity contribution in [2.45, 2.75) is 26.8 Å². The van der Waals surface area contributed by atoms with E-state index >= 15 is 0 Å². The predicted octanol–water partition coefficient (Wildman–Crippen LogP) is 3.32. The third kappa shape index (κ3) is 1.78. The fourth-order valence-electron chi connectivity index (χ4n) is 2.41. The molecular formula is C13H16ClN3. The minimum atomic E-state index is 0.446. The van der Waals surface area contributed by atoms with Gasteiger partial charge < -0.3 is 10.3 Å². The van der Waals surface area contributed by atoms with Gasteiger partial charge in [-0.15, -0.1) is 0 Å². The smallest absolute Gasteiger partial charge is 0.201 e. The second-order valence-corrected chi connectivity index (χ2v) is 6.04. The Hall–Kier alpha value is -1.22. The van der Waals surface area contributed by atoms with Crippen LogP contribution in [-0.4, -0.2) is 9.55 Å². The van der Waals surface area contributed by atoms with Crippen LogP contribution in [0, 0.1) is 11.3 Å². The molecule has 0 aliphatic heterocycles. The Morgan fingerprint density at radius 1 is 1.53 bits per heavy atom. The van der Waals surface area contributed by atoms with Crippen molar-refractivity contribution in [3.8, 4) is 0 Å². The predicted molar refractivity (Wildman–Crippen MR) is 71.0 cm³/mol. The van der Waals surface area contributed by atoms with Gasteiger partial charge in [-0.05, 0) is 36.0 Å². The summed E-state index contributed by atoms with van der Waals surface area (Å²) >= 11 is 6.03. The number of nitrogen functional groups attached to an aromatic ring is 1. The lowest BCUT2D eigenvalue weighted by molar-refractivity contribution is 0.507. The molecule has 1 fully saturated rings. The number of fused-ring (bicyclic) bond motifs is 1. The Bertz CT molecular complexity index is 586. The number of hydrogen-bond donors (Lipinski definition) is 1. The molecule has 1 aromatic heterocycles. The summed E-state index contributed by atoms with van der Waals surface area (Å²) in [5, 5.41) is 0.730. The van der Waals surface area contributed by atoms with E-state index in [-0.39, 0.29) is 0 Å². The Morgan fingerprint density at radius 3 is 2.88 bits per heavy atom. The van der Waals surface area contributed by atoms with Gasteiger partial charge in [0.05, 0.1) is 11.0 Å². The van der Waals surface area contributed by atoms with E-state index in [1.54, 1.807) is 0 Å². The molecule has 0 amide bonds. The van der Waals surface area contributed by atoms with Gasteiger partial charge in [-0.1, -0.05) is 25.4 Å². The van der Waals surface area contributed by atoms with E-state index in [9.17, 15) is 0 Å². The number of halogens is 1. The van der Waals surface area contributed by atoms with E-state index in [0.717, 1.165) is 22.6 Å². The van der Waals surface area contributed by atoms with Gasteiger partial charge in [0.15, 0.2) is 0 Å². The van der Waals surface area contributed by atoms with Crippen molar-refractivity contribution in [2.75, 3.05) is 5.73 Å². The van der Waals surface area contributed by atoms with Gasteiger partial charge in [0, 0.05) is 11.6 Å². The molecule has 1 aliphatic rings. The molecule has 0 radical (unpaired) electrons. The molecule has 2 aromatic rings. The van der Waals surface area contributed by atoms with Crippen LogP contribution in [0.2, 0.25) is 5.02 Å². The van der Waals surface area contributed by atoms with Gasteiger partial charge in [0.1, 0.15) is 0 Å². The fraction of sp³-hybridized carbons (Fsp3) is 0.462. The first-order valence-electron chi connectivity index (χ1n) is 5.89. The summed E-state index contributed by atoms with van der Waals surface area (Å²) in [7, 11) is 0. The van der Waals surface area contributed by atoms with Gasteiger partial charge in [-0.3, -0.25) is 0 Å². The first kappa shape index (κ1) is 10.9. The van der Waals surface area contributed by atoms with Crippen molar-refractivity contribution in [3.63, 3.8) is 0 Å². The summed E-state index contributed by atoms with van der Waals surface area (Å²) in [5.74, 6) is 1.28. The van der Waals surface area contributed by atoms with Crippen LogP contribution in [0.3, 0.4) is 0 Å². The molecule has 0 spiro atoms. The lowest BCUT2D eigenvalue weighted by atomic mass is 10.1. The number of rotatable bonds is 2. The minimum absolute atomic E-state index is 0.446. The molecule has 4 heteroatoms. The van der Waals surface area contributed by atoms with Crippen LogP contribution in [0.25, 0.3) is 11.0 Å². The van der Waals surface area contributed by atoms with Crippen molar-refractivity contribution in [1.29, 1.82) is 0 Å². The lowest BCUT2D eigenvalue weighted by Crippen LogP contribution is -2.07. The first-order chi connectivity index (χ1) is 7.97. The van der Waals surface area contributed by atoms with Gasteiger partial charge in [-0.25, -0.2) is 4.98 Å². The van der Waals surface area contributed by atoms with Crippen LogP contribution in [0.15, 0.2) is 18.2 Å². The van der Waals surface area contributed by atoms with E-state index < -0.39 is 0 Å². The fourth-order valence-corrected chi connectivity index (χ4v) is 2.58. The van der Waals surface area contributed by atoms with Crippen molar-refractivity contribution in [1.82, 2.24) is 9.55 Å². The van der Waals surface area contributed by atoms with Crippen LogP contribution in [-0.2, 0) is 6.54 Å². The zero-order valence-electron chi connectivity index (χ0n) is 10.1. The second kappa shape index (κ2) is 3.39. The standard InChI is InChI=1S/C13H16ClN3/c1-13(2)6-8(13)7-17-11-5-9(14)3-4-10(11)16-12(17)15/h3-5,8H,6-7H2,1-2H3,(H2,15,16). The molecule has 2 N–H and O–H groups in total. The molecule has 1 aliphatic carbocycles. The highest BCUT2D eigenvalue weighted by molar-refractivity contribution is 6.31. The molecule has 1 saturated carbocycles. The highest BCUT2D eigenvalue weighted by Crippen LogP contribution is 2.52. The quantitative estimate of drug-likeness (QED) is 0.887. The Morgan fingerprint density at radius 2 is 2.24 bits per heavy atom. The molecule has 1 unspecified atom stereocenters. The van der Waals surface area contributed by atoms with Gasteiger partial charge in [0.25, 0.3) is 0 Å². The molecule has 0 bridgehead atoms. The summed E-state index contributed by atoms with van der Waals surface area (Å²) in [6.45, 7) is 5.52. The number of nitrogens with zero attached hydrogens (tertiary/aromatic N) is 2. The van der Waals surface area contributed by atoms with Crippen LogP contribution in [0.5, 0.6) is 0 Å². The first-order valence-corrected chi connectivity index (χ1v) is 6.26. The van der Waals surface area contributed by atoms with E-state index in [0.29, 0.717) is 17.3 Å². The maximum absolute atomic E-state index is 6.03. The van der Waals surface area contributed by atoms with Crippen LogP contribution in [0.4, 0.5) is 5.95 Å². The van der Waals surface area contributed by atoms with E-state index in [2.05, 4.69) is 23.4 Å². The molecule has 17 heavy (non-hydrogen) atoms. The maximum atomic E-state index is 6.03. The summed E-state index contributed by atoms with van der Waals surface area (Å²) in [4.78, 5) is 4.36. The lowest BCUT2D eigenvalue weighted by Gasteiger charge is -2.08. The number of imidazole rings is 1. The summed E-state index contributed by atoms with van der Waals surface area (Å²) in [5.41, 5.74) is 8.38. The van der Waals surface area contributed by atoms with Crippen molar-refractivity contribution in [3.05, 3.63) is 23.2 Å². The maximum Gasteiger partial charge on any atom is 0.201 e. The molecule has 3 nitrogen and oxygen atoms in total. The average molecular weight is 250 g/mol. The molecular weight excluding hydrogens is 234 g/mol. The summed E-state index contributed by atoms with van der Waals surface area (Å²) < 4.78 is 2.08. The van der Waals surface area contributed by atoms with Crippen LogP contribution in [0.1, 0.15) is 20.3 Å². The van der Waals surface area contributed by atoms with Gasteiger partial charge in [-0.2, -0.15) is 0 Å². The largest absolute Gasteiger partial charge is 0.369 e. The third-order valence-electron chi connectivity index (χ3n) is 3.86. The third-order valence-corrected chi connectivity index (χ3v) is 4.10. The zero-order chi connectivity index (χ0) is 12.2. The summed E-state index contributed by atoms with van der Waals surface area (Å²) in [6, 6.07) is 5.71. The molecule has 1 heterocycles. The zero-order valence-corrected chi connectivity index (χ0v) is 10.8. The normalized spacial score (nSPS) is 21.9. The van der Waals surface area contributed by atoms with Gasteiger partial charge in [0.2, 0.25) is 5.95 Å². The molecule has 90 valence electrons. The molecule has 1 aromatic carbocycles. The average Bonchev–Trinajstić information content (AvgIpc) is 2.73. The topological polar surface area (TPSA) is 43.8 Å². The van der Waals surface area contributed by atoms with Crippen molar-refractivity contribution >= 4 is 28.6 Å². The Labute approximate surface area is 106 Å². The molecule has 3 rings (SSSR count). The summed E-state index contributed by atoms with van der Waals surface area (Å²) in [6.07, 6.45) is 1.26.